The molecule has 0 aliphatic rings. The molecule has 7 N–H and O–H groups in total. The number of hydrogen-bond acceptors (Lipinski definition) is 19. The van der Waals surface area contributed by atoms with Crippen molar-refractivity contribution in [2.75, 3.05) is 16.0 Å². The van der Waals surface area contributed by atoms with Crippen molar-refractivity contribution in [3.63, 3.8) is 0 Å². The summed E-state index contributed by atoms with van der Waals surface area (Å²) < 4.78 is 65.8. The van der Waals surface area contributed by atoms with Crippen molar-refractivity contribution in [3.05, 3.63) is 252 Å². The standard InChI is InChI=1S/C23H23ClFN7O3.C22H23ClFN5O4.C22H22ClFN4O5/c1-14(2)35-19-8-7-17(11-18(19)25)28-21-29-22(33)31(10-9-20-26-13-27-30-20)23(34)32(21)12-15-3-5-16(24)6-4-15;1-13(2)33-18-8-7-16(11-17(18)24)26-20-27-21(31)28(10-9-19(25)30)22(32)29(20)12-14-3-5-15(23)6-4-14;1-13(2)33-18-8-7-16(11-17(18)24)25-20-26-21(31)27(10-9-19(29)30)22(32)28(20)12-14-3-5-15(23)6-4-14/h3-8,11,13-14H,9-10,12H2,1-2H3,(H,26,27,30)(H,28,29,33);3-8,11,13H,9-10,12H2,1-2H3,(H2,25,30)(H,26,27,31);3-8,11,13H,9-10,12H2,1-2H3,(H,29,30)(H,25,26,31). The molecule has 0 radical (unpaired) electrons. The first-order valence-electron chi connectivity index (χ1n) is 31.0. The molecule has 0 bridgehead atoms. The lowest BCUT2D eigenvalue weighted by atomic mass is 10.2. The van der Waals surface area contributed by atoms with Crippen molar-refractivity contribution in [3.8, 4) is 17.2 Å². The highest BCUT2D eigenvalue weighted by atomic mass is 35.5. The summed E-state index contributed by atoms with van der Waals surface area (Å²) in [5.41, 5.74) is 3.53. The van der Waals surface area contributed by atoms with E-state index in [2.05, 4.69) is 46.1 Å². The first-order chi connectivity index (χ1) is 48.1. The van der Waals surface area contributed by atoms with Gasteiger partial charge in [-0.3, -0.25) is 28.4 Å². The van der Waals surface area contributed by atoms with E-state index in [1.54, 1.807) is 120 Å². The summed E-state index contributed by atoms with van der Waals surface area (Å²) in [6.45, 7) is 10.3. The molecule has 6 aromatic carbocycles. The molecule has 4 aromatic heterocycles. The number of aliphatic carboxylic acids is 1. The molecule has 101 heavy (non-hydrogen) atoms. The number of carboxylic acid groups (broad SMARTS) is 1. The molecule has 0 aliphatic carbocycles. The lowest BCUT2D eigenvalue weighted by molar-refractivity contribution is -0.137. The molecule has 0 fully saturated rings. The summed E-state index contributed by atoms with van der Waals surface area (Å²) in [6.07, 6.45) is 0.381. The number of nitrogens with zero attached hydrogens (tertiary/aromatic N) is 11. The van der Waals surface area contributed by atoms with Gasteiger partial charge in [0.1, 0.15) is 12.2 Å². The third-order valence-electron chi connectivity index (χ3n) is 14.0. The molecule has 0 saturated carbocycles. The van der Waals surface area contributed by atoms with E-state index >= 15 is 0 Å². The SMILES string of the molecule is CC(C)Oc1ccc(Nc2nc(=O)n(CCC(=O)O)c(=O)n2Cc2ccc(Cl)cc2)cc1F.CC(C)Oc1ccc(Nc2nc(=O)n(CCC(N)=O)c(=O)n2Cc2ccc(Cl)cc2)cc1F.CC(C)Oc1ccc(Nc2nc(=O)n(CCc3ncn[nH]3)c(=O)n2Cc2ccc(Cl)cc2)cc1F. The van der Waals surface area contributed by atoms with Crippen molar-refractivity contribution in [2.45, 2.75) is 118 Å². The highest BCUT2D eigenvalue weighted by molar-refractivity contribution is 6.31. The Morgan fingerprint density at radius 1 is 0.485 bits per heavy atom. The number of nitrogens with two attached hydrogens (primary N) is 1. The van der Waals surface area contributed by atoms with Gasteiger partial charge in [-0.1, -0.05) is 71.2 Å². The van der Waals surface area contributed by atoms with Crippen LogP contribution in [0.1, 0.15) is 76.9 Å². The number of aryl methyl sites for hydroxylation is 1. The maximum atomic E-state index is 14.5. The largest absolute Gasteiger partial charge is 0.488 e. The van der Waals surface area contributed by atoms with E-state index in [0.29, 0.717) is 37.7 Å². The van der Waals surface area contributed by atoms with Gasteiger partial charge >= 0.3 is 40.1 Å². The number of carbonyl (C=O) groups is 2. The predicted octanol–water partition coefficient (Wildman–Crippen LogP) is 9.04. The van der Waals surface area contributed by atoms with E-state index in [1.165, 1.54) is 62.5 Å². The van der Waals surface area contributed by atoms with Crippen molar-refractivity contribution in [2.24, 2.45) is 5.73 Å². The van der Waals surface area contributed by atoms with Gasteiger partial charge in [0.2, 0.25) is 23.8 Å². The third-order valence-corrected chi connectivity index (χ3v) is 14.8. The summed E-state index contributed by atoms with van der Waals surface area (Å²) in [5.74, 6) is -3.13. The van der Waals surface area contributed by atoms with Crippen molar-refractivity contribution in [1.29, 1.82) is 0 Å². The number of nitrogens with one attached hydrogen (secondary N) is 4. The summed E-state index contributed by atoms with van der Waals surface area (Å²) in [6, 6.07) is 32.9. The lowest BCUT2D eigenvalue weighted by Gasteiger charge is -2.16. The van der Waals surface area contributed by atoms with E-state index in [9.17, 15) is 51.5 Å². The molecule has 4 heterocycles. The van der Waals surface area contributed by atoms with E-state index < -0.39 is 69.9 Å². The number of carbonyl (C=O) groups excluding carboxylic acids is 1. The number of halogens is 6. The van der Waals surface area contributed by atoms with Crippen LogP contribution in [-0.2, 0) is 55.3 Å². The molecule has 1 amide bonds. The molecule has 0 atom stereocenters. The van der Waals surface area contributed by atoms with Gasteiger partial charge in [0, 0.05) is 82.8 Å². The van der Waals surface area contributed by atoms with Gasteiger partial charge in [-0.2, -0.15) is 20.1 Å². The number of primary amides is 1. The Labute approximate surface area is 587 Å². The van der Waals surface area contributed by atoms with Crippen molar-refractivity contribution >= 4 is 81.6 Å². The first-order valence-corrected chi connectivity index (χ1v) is 32.1. The summed E-state index contributed by atoms with van der Waals surface area (Å²) >= 11 is 17.8. The van der Waals surface area contributed by atoms with E-state index in [-0.39, 0.29) is 117 Å². The zero-order valence-electron chi connectivity index (χ0n) is 55.0. The highest BCUT2D eigenvalue weighted by Crippen LogP contribution is 2.28. The van der Waals surface area contributed by atoms with E-state index in [0.717, 1.165) is 25.3 Å². The number of ether oxygens (including phenoxy) is 3. The minimum absolute atomic E-state index is 0.00964. The predicted molar refractivity (Wildman–Crippen MR) is 372 cm³/mol. The fraction of sp³-hybridized carbons (Fsp3) is 0.269. The number of amides is 1. The average Bonchev–Trinajstić information content (AvgIpc) is 0.932. The summed E-state index contributed by atoms with van der Waals surface area (Å²) in [7, 11) is 0. The van der Waals surface area contributed by atoms with E-state index in [4.69, 9.17) is 59.9 Å². The number of benzene rings is 6. The number of hydrogen-bond donors (Lipinski definition) is 6. The summed E-state index contributed by atoms with van der Waals surface area (Å²) in [5, 5.41) is 25.5. The monoisotopic (exact) mass is 1450 g/mol. The molecule has 0 aliphatic heterocycles. The van der Waals surface area contributed by atoms with Crippen LogP contribution in [0.5, 0.6) is 17.2 Å². The number of carboxylic acids is 1. The van der Waals surface area contributed by atoms with Gasteiger partial charge in [-0.05, 0) is 131 Å². The van der Waals surface area contributed by atoms with Gasteiger partial charge in [0.05, 0.1) is 44.4 Å². The smallest absolute Gasteiger partial charge is 0.354 e. The van der Waals surface area contributed by atoms with Gasteiger partial charge in [0.25, 0.3) is 0 Å². The van der Waals surface area contributed by atoms with Gasteiger partial charge in [-0.15, -0.1) is 0 Å². The van der Waals surface area contributed by atoms with Crippen LogP contribution >= 0.6 is 34.8 Å². The second-order valence-corrected chi connectivity index (χ2v) is 24.3. The second-order valence-electron chi connectivity index (χ2n) is 22.9. The van der Waals surface area contributed by atoms with Crippen LogP contribution in [0.25, 0.3) is 0 Å². The number of H-pyrrole nitrogens is 1. The van der Waals surface area contributed by atoms with Crippen LogP contribution in [0.4, 0.5) is 48.1 Å². The molecule has 28 nitrogen and oxygen atoms in total. The Morgan fingerprint density at radius 3 is 1.08 bits per heavy atom. The zero-order chi connectivity index (χ0) is 73.2. The maximum Gasteiger partial charge on any atom is 0.354 e. The zero-order valence-corrected chi connectivity index (χ0v) is 57.3. The highest BCUT2D eigenvalue weighted by Gasteiger charge is 2.21. The quantitative estimate of drug-likeness (QED) is 0.0279. The average molecular weight is 1450 g/mol. The molecular weight excluding hydrogens is 1380 g/mol. The molecule has 0 saturated heterocycles. The Bertz CT molecular complexity index is 4740. The van der Waals surface area contributed by atoms with Gasteiger partial charge in [0.15, 0.2) is 34.7 Å². The number of anilines is 6. The second kappa shape index (κ2) is 34.9. The molecule has 34 heteroatoms. The Hall–Kier alpha value is -11.3. The van der Waals surface area contributed by atoms with Crippen LogP contribution in [-0.4, -0.2) is 92.8 Å². The topological polar surface area (TPSA) is 356 Å². The molecule has 0 spiro atoms. The number of rotatable bonds is 27. The molecule has 10 aromatic rings. The van der Waals surface area contributed by atoms with Crippen molar-refractivity contribution < 1.29 is 42.1 Å². The minimum Gasteiger partial charge on any atom is -0.488 e. The fourth-order valence-corrected chi connectivity index (χ4v) is 9.74. The van der Waals surface area contributed by atoms with Crippen LogP contribution in [0.3, 0.4) is 0 Å². The van der Waals surface area contributed by atoms with Crippen LogP contribution in [0, 0.1) is 17.5 Å². The Morgan fingerprint density at radius 2 is 0.802 bits per heavy atom. The normalized spacial score (nSPS) is 11.0. The number of aromatic nitrogens is 12. The third kappa shape index (κ3) is 21.6. The Kier molecular flexibility index (Phi) is 26.1. The molecule has 0 unspecified atom stereocenters. The van der Waals surface area contributed by atoms with Crippen molar-refractivity contribution in [1.82, 2.24) is 57.5 Å². The number of aromatic amines is 1. The van der Waals surface area contributed by atoms with Gasteiger partial charge < -0.3 is 41.0 Å². The molecule has 530 valence electrons. The maximum absolute atomic E-state index is 14.5. The molecule has 10 rings (SSSR count). The lowest BCUT2D eigenvalue weighted by Crippen LogP contribution is -2.43. The van der Waals surface area contributed by atoms with Crippen LogP contribution in [0.2, 0.25) is 15.1 Å². The summed E-state index contributed by atoms with van der Waals surface area (Å²) in [4.78, 5) is 115. The fourth-order valence-electron chi connectivity index (χ4n) is 9.36. The van der Waals surface area contributed by atoms with Gasteiger partial charge in [-0.25, -0.2) is 60.6 Å². The van der Waals surface area contributed by atoms with Crippen LogP contribution < -0.4 is 70.0 Å². The van der Waals surface area contributed by atoms with Crippen LogP contribution in [0.15, 0.2) is 162 Å². The molecular formula is C67H68Cl3F3N16O12. The minimum atomic E-state index is -1.16. The van der Waals surface area contributed by atoms with E-state index in [1.807, 2.05) is 0 Å². The Balaban J connectivity index is 0.000000193. The first kappa shape index (κ1) is 75.5.